The Labute approximate surface area is 130 Å². The van der Waals surface area contributed by atoms with Crippen LogP contribution in [0.2, 0.25) is 0 Å². The number of aliphatic hydroxyl groups is 1. The van der Waals surface area contributed by atoms with Gasteiger partial charge in [-0.05, 0) is 43.4 Å². The zero-order valence-corrected chi connectivity index (χ0v) is 13.0. The van der Waals surface area contributed by atoms with Gasteiger partial charge in [-0.25, -0.2) is 4.68 Å². The summed E-state index contributed by atoms with van der Waals surface area (Å²) in [6, 6.07) is 10.2. The van der Waals surface area contributed by atoms with Crippen molar-refractivity contribution in [3.05, 3.63) is 41.6 Å². The Morgan fingerprint density at radius 1 is 1.32 bits per heavy atom. The Bertz CT molecular complexity index is 603. The van der Waals surface area contributed by atoms with Gasteiger partial charge < -0.3 is 15.2 Å². The van der Waals surface area contributed by atoms with Gasteiger partial charge in [0.25, 0.3) is 0 Å². The fourth-order valence-electron chi connectivity index (χ4n) is 2.35. The fraction of sp³-hybridized carbons (Fsp3) is 0.471. The highest BCUT2D eigenvalue weighted by Crippen LogP contribution is 2.29. The molecule has 1 aromatic carbocycles. The number of benzene rings is 1. The minimum Gasteiger partial charge on any atom is -0.493 e. The van der Waals surface area contributed by atoms with Gasteiger partial charge in [0.15, 0.2) is 0 Å². The first kappa shape index (κ1) is 14.9. The maximum Gasteiger partial charge on any atom is 0.124 e. The quantitative estimate of drug-likeness (QED) is 0.787. The van der Waals surface area contributed by atoms with Crippen molar-refractivity contribution in [3.8, 4) is 5.75 Å². The van der Waals surface area contributed by atoms with E-state index in [2.05, 4.69) is 22.5 Å². The number of aromatic nitrogens is 2. The molecule has 0 unspecified atom stereocenters. The molecule has 0 amide bonds. The van der Waals surface area contributed by atoms with Crippen molar-refractivity contribution in [3.63, 3.8) is 0 Å². The van der Waals surface area contributed by atoms with Crippen molar-refractivity contribution in [2.24, 2.45) is 5.92 Å². The first-order valence-corrected chi connectivity index (χ1v) is 7.85. The Hall–Kier alpha value is -2.01. The van der Waals surface area contributed by atoms with Gasteiger partial charge in [0.05, 0.1) is 25.5 Å². The van der Waals surface area contributed by atoms with Crippen LogP contribution in [0.4, 0.5) is 5.82 Å². The summed E-state index contributed by atoms with van der Waals surface area (Å²) in [4.78, 5) is 0. The van der Waals surface area contributed by atoms with Crippen LogP contribution in [0.25, 0.3) is 0 Å². The van der Waals surface area contributed by atoms with Gasteiger partial charge in [-0.3, -0.25) is 0 Å². The molecule has 118 valence electrons. The maximum atomic E-state index is 9.06. The van der Waals surface area contributed by atoms with Crippen LogP contribution in [0.1, 0.15) is 24.1 Å². The summed E-state index contributed by atoms with van der Waals surface area (Å²) in [5.41, 5.74) is 2.13. The predicted molar refractivity (Wildman–Crippen MR) is 86.0 cm³/mol. The first-order valence-electron chi connectivity index (χ1n) is 7.85. The average molecular weight is 301 g/mol. The molecule has 3 rings (SSSR count). The van der Waals surface area contributed by atoms with Crippen molar-refractivity contribution in [1.29, 1.82) is 0 Å². The molecule has 0 aliphatic heterocycles. The minimum atomic E-state index is 0.0861. The van der Waals surface area contributed by atoms with Gasteiger partial charge >= 0.3 is 0 Å². The van der Waals surface area contributed by atoms with Crippen molar-refractivity contribution in [1.82, 2.24) is 9.78 Å². The second kappa shape index (κ2) is 6.83. The summed E-state index contributed by atoms with van der Waals surface area (Å²) >= 11 is 0. The van der Waals surface area contributed by atoms with E-state index in [9.17, 15) is 0 Å². The lowest BCUT2D eigenvalue weighted by molar-refractivity contribution is 0.270. The van der Waals surface area contributed by atoms with Crippen molar-refractivity contribution in [2.45, 2.75) is 32.9 Å². The van der Waals surface area contributed by atoms with Gasteiger partial charge in [0, 0.05) is 12.6 Å². The molecule has 5 nitrogen and oxygen atoms in total. The second-order valence-electron chi connectivity index (χ2n) is 5.87. The highest BCUT2D eigenvalue weighted by molar-refractivity contribution is 5.38. The summed E-state index contributed by atoms with van der Waals surface area (Å²) in [5.74, 6) is 2.65. The van der Waals surface area contributed by atoms with Crippen LogP contribution in [-0.4, -0.2) is 28.1 Å². The minimum absolute atomic E-state index is 0.0861. The smallest absolute Gasteiger partial charge is 0.124 e. The Morgan fingerprint density at radius 3 is 2.77 bits per heavy atom. The van der Waals surface area contributed by atoms with Crippen LogP contribution in [-0.2, 0) is 13.1 Å². The third kappa shape index (κ3) is 4.01. The summed E-state index contributed by atoms with van der Waals surface area (Å²) in [6.07, 6.45) is 2.62. The molecule has 1 aliphatic carbocycles. The normalized spacial score (nSPS) is 14.1. The number of anilines is 1. The van der Waals surface area contributed by atoms with Gasteiger partial charge in [-0.1, -0.05) is 12.1 Å². The van der Waals surface area contributed by atoms with Gasteiger partial charge in [0.1, 0.15) is 11.6 Å². The fourth-order valence-corrected chi connectivity index (χ4v) is 2.35. The van der Waals surface area contributed by atoms with E-state index >= 15 is 0 Å². The number of nitrogens with zero attached hydrogens (tertiary/aromatic N) is 2. The molecule has 0 radical (unpaired) electrons. The molecule has 0 bridgehead atoms. The Morgan fingerprint density at radius 2 is 2.09 bits per heavy atom. The second-order valence-corrected chi connectivity index (χ2v) is 5.87. The topological polar surface area (TPSA) is 59.3 Å². The van der Waals surface area contributed by atoms with Crippen molar-refractivity contribution in [2.75, 3.05) is 18.5 Å². The Kier molecular flexibility index (Phi) is 4.63. The molecule has 5 heteroatoms. The average Bonchev–Trinajstić information content (AvgIpc) is 3.28. The van der Waals surface area contributed by atoms with Gasteiger partial charge in [0.2, 0.25) is 0 Å². The van der Waals surface area contributed by atoms with E-state index in [1.165, 1.54) is 18.4 Å². The number of aryl methyl sites for hydroxylation is 1. The highest BCUT2D eigenvalue weighted by atomic mass is 16.5. The van der Waals surface area contributed by atoms with Crippen LogP contribution in [0, 0.1) is 12.8 Å². The summed E-state index contributed by atoms with van der Waals surface area (Å²) in [6.45, 7) is 4.11. The standard InChI is InChI=1S/C17H23N3O2/c1-13-10-17(20(19-13)8-9-21)18-11-14-4-6-16(7-5-14)22-12-15-2-3-15/h4-7,10,15,18,21H,2-3,8-9,11-12H2,1H3. The maximum absolute atomic E-state index is 9.06. The number of hydrogen-bond donors (Lipinski definition) is 2. The molecule has 0 atom stereocenters. The molecule has 1 aromatic heterocycles. The first-order chi connectivity index (χ1) is 10.7. The summed E-state index contributed by atoms with van der Waals surface area (Å²) in [7, 11) is 0. The largest absolute Gasteiger partial charge is 0.493 e. The molecule has 1 saturated carbocycles. The number of rotatable bonds is 8. The van der Waals surface area contributed by atoms with E-state index in [-0.39, 0.29) is 6.61 Å². The van der Waals surface area contributed by atoms with E-state index in [0.717, 1.165) is 36.3 Å². The van der Waals surface area contributed by atoms with E-state index in [1.54, 1.807) is 4.68 Å². The van der Waals surface area contributed by atoms with Crippen LogP contribution in [0.5, 0.6) is 5.75 Å². The molecular weight excluding hydrogens is 278 g/mol. The van der Waals surface area contributed by atoms with E-state index in [1.807, 2.05) is 25.1 Å². The van der Waals surface area contributed by atoms with E-state index in [4.69, 9.17) is 9.84 Å². The SMILES string of the molecule is Cc1cc(NCc2ccc(OCC3CC3)cc2)n(CCO)n1. The lowest BCUT2D eigenvalue weighted by Gasteiger charge is -2.10. The van der Waals surface area contributed by atoms with Crippen LogP contribution < -0.4 is 10.1 Å². The molecule has 1 aliphatic rings. The molecule has 22 heavy (non-hydrogen) atoms. The van der Waals surface area contributed by atoms with E-state index in [0.29, 0.717) is 6.54 Å². The molecule has 2 N–H and O–H groups in total. The lowest BCUT2D eigenvalue weighted by Crippen LogP contribution is -2.10. The predicted octanol–water partition coefficient (Wildman–Crippen LogP) is 2.58. The third-order valence-corrected chi connectivity index (χ3v) is 3.79. The van der Waals surface area contributed by atoms with Crippen molar-refractivity contribution >= 4 is 5.82 Å². The molecule has 1 fully saturated rings. The molecule has 0 saturated heterocycles. The number of hydrogen-bond acceptors (Lipinski definition) is 4. The zero-order valence-electron chi connectivity index (χ0n) is 13.0. The number of aliphatic hydroxyl groups excluding tert-OH is 1. The highest BCUT2D eigenvalue weighted by Gasteiger charge is 2.21. The van der Waals surface area contributed by atoms with Gasteiger partial charge in [-0.15, -0.1) is 0 Å². The van der Waals surface area contributed by atoms with E-state index < -0.39 is 0 Å². The Balaban J connectivity index is 1.54. The van der Waals surface area contributed by atoms with Crippen molar-refractivity contribution < 1.29 is 9.84 Å². The monoisotopic (exact) mass is 301 g/mol. The van der Waals surface area contributed by atoms with Crippen LogP contribution >= 0.6 is 0 Å². The summed E-state index contributed by atoms with van der Waals surface area (Å²) in [5, 5.41) is 16.8. The molecule has 2 aromatic rings. The molecule has 1 heterocycles. The third-order valence-electron chi connectivity index (χ3n) is 3.79. The summed E-state index contributed by atoms with van der Waals surface area (Å²) < 4.78 is 7.53. The number of nitrogens with one attached hydrogen (secondary N) is 1. The molecule has 0 spiro atoms. The van der Waals surface area contributed by atoms with Crippen LogP contribution in [0.3, 0.4) is 0 Å². The van der Waals surface area contributed by atoms with Crippen LogP contribution in [0.15, 0.2) is 30.3 Å². The lowest BCUT2D eigenvalue weighted by atomic mass is 10.2. The number of ether oxygens (including phenoxy) is 1. The molecular formula is C17H23N3O2. The zero-order chi connectivity index (χ0) is 15.4. The van der Waals surface area contributed by atoms with Gasteiger partial charge in [-0.2, -0.15) is 5.10 Å².